The highest BCUT2D eigenvalue weighted by Gasteiger charge is 2.69. The number of halogens is 1. The van der Waals surface area contributed by atoms with E-state index in [0.717, 1.165) is 16.0 Å². The molecule has 2 heterocycles. The summed E-state index contributed by atoms with van der Waals surface area (Å²) in [6, 6.07) is 13.6. The number of amides is 2. The lowest BCUT2D eigenvalue weighted by Gasteiger charge is -2.34. The summed E-state index contributed by atoms with van der Waals surface area (Å²) < 4.78 is 0. The van der Waals surface area contributed by atoms with Gasteiger partial charge in [0.15, 0.2) is 0 Å². The number of nitrogens with one attached hydrogen (secondary N) is 1. The molecule has 2 aliphatic rings. The van der Waals surface area contributed by atoms with Crippen molar-refractivity contribution in [3.05, 3.63) is 64.7 Å². The van der Waals surface area contributed by atoms with E-state index < -0.39 is 47.1 Å². The molecule has 4 unspecified atom stereocenters. The largest absolute Gasteiger partial charge is 0.480 e. The average Bonchev–Trinajstić information content (AvgIpc) is 3.20. The van der Waals surface area contributed by atoms with Gasteiger partial charge in [-0.25, -0.2) is 4.90 Å². The molecule has 2 aromatic carbocycles. The fourth-order valence-electron chi connectivity index (χ4n) is 4.84. The smallest absolute Gasteiger partial charge is 0.325 e. The molecule has 2 aromatic rings. The molecule has 4 rings (SSSR count). The molecule has 0 radical (unpaired) electrons. The predicted molar refractivity (Wildman–Crippen MR) is 113 cm³/mol. The number of aryl methyl sites for hydroxylation is 1. The van der Waals surface area contributed by atoms with E-state index in [-0.39, 0.29) is 0 Å². The van der Waals surface area contributed by atoms with Crippen LogP contribution in [0.25, 0.3) is 0 Å². The second-order valence-corrected chi connectivity index (χ2v) is 8.72. The van der Waals surface area contributed by atoms with E-state index in [2.05, 4.69) is 5.32 Å². The number of hydrogen-bond donors (Lipinski definition) is 2. The van der Waals surface area contributed by atoms with Crippen LogP contribution in [0, 0.1) is 24.7 Å². The maximum atomic E-state index is 13.6. The Morgan fingerprint density at radius 1 is 1.13 bits per heavy atom. The number of fused-ring (bicyclic) bond motifs is 1. The summed E-state index contributed by atoms with van der Waals surface area (Å²) >= 11 is 6.23. The number of carboxylic acid groups (broad SMARTS) is 1. The lowest BCUT2D eigenvalue weighted by molar-refractivity contribution is -0.151. The van der Waals surface area contributed by atoms with Gasteiger partial charge in [0.1, 0.15) is 5.54 Å². The first-order valence-corrected chi connectivity index (χ1v) is 10.3. The minimum absolute atomic E-state index is 0.366. The van der Waals surface area contributed by atoms with Gasteiger partial charge in [0.05, 0.1) is 17.5 Å². The Morgan fingerprint density at radius 3 is 2.37 bits per heavy atom. The van der Waals surface area contributed by atoms with Crippen molar-refractivity contribution in [1.29, 1.82) is 0 Å². The van der Waals surface area contributed by atoms with Crippen molar-refractivity contribution in [2.45, 2.75) is 32.4 Å². The predicted octanol–water partition coefficient (Wildman–Crippen LogP) is 3.58. The molecule has 0 bridgehead atoms. The van der Waals surface area contributed by atoms with Crippen LogP contribution in [0.1, 0.15) is 31.0 Å². The molecule has 0 aliphatic carbocycles. The Balaban J connectivity index is 1.88. The molecular weight excluding hydrogens is 404 g/mol. The first-order valence-electron chi connectivity index (χ1n) is 9.90. The van der Waals surface area contributed by atoms with Gasteiger partial charge in [-0.05, 0) is 36.1 Å². The van der Waals surface area contributed by atoms with Crippen LogP contribution < -0.4 is 10.2 Å². The number of aliphatic carboxylic acids is 1. The zero-order chi connectivity index (χ0) is 21.8. The number of carboxylic acids is 1. The van der Waals surface area contributed by atoms with Crippen molar-refractivity contribution in [3.8, 4) is 0 Å². The summed E-state index contributed by atoms with van der Waals surface area (Å²) in [6.07, 6.45) is 0. The molecule has 30 heavy (non-hydrogen) atoms. The standard InChI is InChI=1S/C23H23ClN2O4/c1-12(2)23(22(29)30)18-17(19(25-23)14-7-5-4-6-8-14)20(27)26(21(18)28)15-10-9-13(3)16(24)11-15/h4-12,17-19,25H,1-3H3,(H,29,30). The number of carbonyl (C=O) groups is 3. The summed E-state index contributed by atoms with van der Waals surface area (Å²) in [5, 5.41) is 13.8. The van der Waals surface area contributed by atoms with Crippen LogP contribution >= 0.6 is 11.6 Å². The van der Waals surface area contributed by atoms with E-state index in [1.807, 2.05) is 37.3 Å². The average molecular weight is 427 g/mol. The molecular formula is C23H23ClN2O4. The number of carbonyl (C=O) groups excluding carboxylic acids is 2. The van der Waals surface area contributed by atoms with E-state index in [1.165, 1.54) is 0 Å². The first kappa shape index (κ1) is 20.6. The van der Waals surface area contributed by atoms with E-state index in [4.69, 9.17) is 11.6 Å². The molecule has 7 heteroatoms. The van der Waals surface area contributed by atoms with Crippen LogP contribution in [0.15, 0.2) is 48.5 Å². The monoisotopic (exact) mass is 426 g/mol. The molecule has 4 atom stereocenters. The van der Waals surface area contributed by atoms with E-state index in [1.54, 1.807) is 32.0 Å². The summed E-state index contributed by atoms with van der Waals surface area (Å²) in [5.74, 6) is -4.31. The third-order valence-electron chi connectivity index (χ3n) is 6.43. The van der Waals surface area contributed by atoms with Crippen molar-refractivity contribution >= 4 is 35.1 Å². The highest BCUT2D eigenvalue weighted by Crippen LogP contribution is 2.52. The summed E-state index contributed by atoms with van der Waals surface area (Å²) in [5.41, 5.74) is 0.415. The summed E-state index contributed by atoms with van der Waals surface area (Å²) in [4.78, 5) is 40.7. The van der Waals surface area contributed by atoms with Crippen LogP contribution in [-0.2, 0) is 14.4 Å². The normalized spacial score (nSPS) is 28.3. The van der Waals surface area contributed by atoms with Gasteiger partial charge in [-0.2, -0.15) is 0 Å². The van der Waals surface area contributed by atoms with Crippen molar-refractivity contribution < 1.29 is 19.5 Å². The molecule has 0 spiro atoms. The Bertz CT molecular complexity index is 1040. The fourth-order valence-corrected chi connectivity index (χ4v) is 5.01. The maximum absolute atomic E-state index is 13.6. The minimum atomic E-state index is -1.55. The maximum Gasteiger partial charge on any atom is 0.325 e. The molecule has 2 fully saturated rings. The van der Waals surface area contributed by atoms with Gasteiger partial charge in [0, 0.05) is 11.1 Å². The van der Waals surface area contributed by atoms with Gasteiger partial charge in [-0.1, -0.05) is 61.8 Å². The van der Waals surface area contributed by atoms with Gasteiger partial charge in [-0.3, -0.25) is 19.7 Å². The third-order valence-corrected chi connectivity index (χ3v) is 6.84. The van der Waals surface area contributed by atoms with E-state index in [9.17, 15) is 19.5 Å². The van der Waals surface area contributed by atoms with Gasteiger partial charge >= 0.3 is 5.97 Å². The molecule has 2 aliphatic heterocycles. The lowest BCUT2D eigenvalue weighted by Crippen LogP contribution is -2.59. The quantitative estimate of drug-likeness (QED) is 0.730. The fraction of sp³-hybridized carbons (Fsp3) is 0.348. The van der Waals surface area contributed by atoms with Crippen molar-refractivity contribution in [2.24, 2.45) is 17.8 Å². The highest BCUT2D eigenvalue weighted by atomic mass is 35.5. The van der Waals surface area contributed by atoms with Gasteiger partial charge in [-0.15, -0.1) is 0 Å². The number of hydrogen-bond acceptors (Lipinski definition) is 4. The van der Waals surface area contributed by atoms with Gasteiger partial charge < -0.3 is 5.11 Å². The highest BCUT2D eigenvalue weighted by molar-refractivity contribution is 6.32. The first-order chi connectivity index (χ1) is 14.2. The molecule has 6 nitrogen and oxygen atoms in total. The molecule has 2 N–H and O–H groups in total. The van der Waals surface area contributed by atoms with Crippen LogP contribution in [0.3, 0.4) is 0 Å². The van der Waals surface area contributed by atoms with E-state index >= 15 is 0 Å². The van der Waals surface area contributed by atoms with Crippen LogP contribution in [-0.4, -0.2) is 28.4 Å². The van der Waals surface area contributed by atoms with Crippen molar-refractivity contribution in [3.63, 3.8) is 0 Å². The zero-order valence-corrected chi connectivity index (χ0v) is 17.7. The summed E-state index contributed by atoms with van der Waals surface area (Å²) in [6.45, 7) is 5.35. The van der Waals surface area contributed by atoms with Gasteiger partial charge in [0.2, 0.25) is 11.8 Å². The number of rotatable bonds is 4. The van der Waals surface area contributed by atoms with Crippen molar-refractivity contribution in [2.75, 3.05) is 4.90 Å². The second-order valence-electron chi connectivity index (χ2n) is 8.31. The topological polar surface area (TPSA) is 86.7 Å². The third kappa shape index (κ3) is 2.78. The van der Waals surface area contributed by atoms with Crippen molar-refractivity contribution in [1.82, 2.24) is 5.32 Å². The molecule has 0 aromatic heterocycles. The number of anilines is 1. The second kappa shape index (κ2) is 7.22. The summed E-state index contributed by atoms with van der Waals surface area (Å²) in [7, 11) is 0. The molecule has 2 amide bonds. The van der Waals surface area contributed by atoms with Crippen LogP contribution in [0.4, 0.5) is 5.69 Å². The molecule has 2 saturated heterocycles. The Kier molecular flexibility index (Phi) is 4.95. The molecule has 156 valence electrons. The van der Waals surface area contributed by atoms with E-state index in [0.29, 0.717) is 10.7 Å². The number of benzene rings is 2. The Morgan fingerprint density at radius 2 is 1.80 bits per heavy atom. The van der Waals surface area contributed by atoms with Gasteiger partial charge in [0.25, 0.3) is 0 Å². The zero-order valence-electron chi connectivity index (χ0n) is 16.9. The minimum Gasteiger partial charge on any atom is -0.480 e. The Labute approximate surface area is 179 Å². The lowest BCUT2D eigenvalue weighted by atomic mass is 9.73. The van der Waals surface area contributed by atoms with Crippen LogP contribution in [0.5, 0.6) is 0 Å². The Hall–Kier alpha value is -2.70. The van der Waals surface area contributed by atoms with Crippen LogP contribution in [0.2, 0.25) is 5.02 Å². The number of imide groups is 1. The molecule has 0 saturated carbocycles. The SMILES string of the molecule is Cc1ccc(N2C(=O)C3C(c4ccccc4)NC(C(=O)O)(C(C)C)C3C2=O)cc1Cl. The number of nitrogens with zero attached hydrogens (tertiary/aromatic N) is 1.